The summed E-state index contributed by atoms with van der Waals surface area (Å²) in [4.78, 5) is 32.7. The molecule has 0 saturated carbocycles. The van der Waals surface area contributed by atoms with Gasteiger partial charge in [-0.3, -0.25) is 14.9 Å². The Hall–Kier alpha value is -3.14. The van der Waals surface area contributed by atoms with Crippen LogP contribution in [0.3, 0.4) is 0 Å². The summed E-state index contributed by atoms with van der Waals surface area (Å²) < 4.78 is 4.65. The quantitative estimate of drug-likeness (QED) is 0.276. The minimum atomic E-state index is -0.788. The normalized spacial score (nSPS) is 9.86. The maximum atomic E-state index is 11.4. The number of ether oxygens (including phenoxy) is 1. The summed E-state index contributed by atoms with van der Waals surface area (Å²) in [6.07, 6.45) is 7.21. The number of nitro groups is 1. The number of benzene rings is 1. The van der Waals surface area contributed by atoms with Crippen molar-refractivity contribution in [3.63, 3.8) is 0 Å². The molecule has 108 valence electrons. The van der Waals surface area contributed by atoms with E-state index in [1.165, 1.54) is 24.3 Å². The number of carbonyl (C=O) groups is 2. The summed E-state index contributed by atoms with van der Waals surface area (Å²) in [6.45, 7) is -0.426. The van der Waals surface area contributed by atoms with Crippen LogP contribution in [0.15, 0.2) is 30.3 Å². The van der Waals surface area contributed by atoms with Gasteiger partial charge in [-0.25, -0.2) is 4.79 Å². The summed E-state index contributed by atoms with van der Waals surface area (Å²) in [5.41, 5.74) is 0.129. The largest absolute Gasteiger partial charge is 0.452 e. The number of nitro benzene ring substituents is 1. The van der Waals surface area contributed by atoms with Crippen molar-refractivity contribution in [1.82, 2.24) is 5.32 Å². The molecule has 1 aromatic rings. The molecule has 0 spiro atoms. The van der Waals surface area contributed by atoms with E-state index < -0.39 is 23.4 Å². The van der Waals surface area contributed by atoms with Crippen LogP contribution in [0, 0.1) is 22.5 Å². The minimum absolute atomic E-state index is 0.0441. The minimum Gasteiger partial charge on any atom is -0.452 e. The highest BCUT2D eigenvalue weighted by Gasteiger charge is 2.10. The molecule has 0 bridgehead atoms. The zero-order chi connectivity index (χ0) is 15.7. The second-order valence-corrected chi connectivity index (χ2v) is 3.74. The zero-order valence-electron chi connectivity index (χ0n) is 10.9. The predicted octanol–water partition coefficient (Wildman–Crippen LogP) is 0.901. The Bertz CT molecular complexity index is 616. The fourth-order valence-corrected chi connectivity index (χ4v) is 1.34. The van der Waals surface area contributed by atoms with E-state index in [2.05, 4.69) is 16.0 Å². The second kappa shape index (κ2) is 8.12. The molecule has 0 radical (unpaired) electrons. The van der Waals surface area contributed by atoms with Crippen molar-refractivity contribution < 1.29 is 19.2 Å². The summed E-state index contributed by atoms with van der Waals surface area (Å²) in [5.74, 6) is 0.884. The van der Waals surface area contributed by atoms with Crippen molar-refractivity contribution in [1.29, 1.82) is 0 Å². The van der Waals surface area contributed by atoms with E-state index in [0.717, 1.165) is 6.08 Å². The summed E-state index contributed by atoms with van der Waals surface area (Å²) >= 11 is 0. The lowest BCUT2D eigenvalue weighted by Gasteiger charge is -2.01. The van der Waals surface area contributed by atoms with Gasteiger partial charge in [-0.1, -0.05) is 18.1 Å². The topological polar surface area (TPSA) is 98.5 Å². The molecule has 0 aromatic heterocycles. The van der Waals surface area contributed by atoms with Gasteiger partial charge in [-0.2, -0.15) is 0 Å². The third-order valence-corrected chi connectivity index (χ3v) is 2.27. The standard InChI is InChI=1S/C14H12N2O5/c1-2-9-15-13(17)10-21-14(18)8-7-11-5-3-4-6-12(11)16(19)20/h1,3-8H,9-10H2,(H,15,17)/b8-7+. The van der Waals surface area contributed by atoms with Gasteiger partial charge in [0.25, 0.3) is 11.6 Å². The number of hydrogen-bond acceptors (Lipinski definition) is 5. The predicted molar refractivity (Wildman–Crippen MR) is 74.9 cm³/mol. The molecule has 0 aliphatic carbocycles. The lowest BCUT2D eigenvalue weighted by molar-refractivity contribution is -0.385. The van der Waals surface area contributed by atoms with Crippen molar-refractivity contribution in [3.05, 3.63) is 46.0 Å². The molecule has 0 saturated heterocycles. The van der Waals surface area contributed by atoms with Crippen LogP contribution < -0.4 is 5.32 Å². The highest BCUT2D eigenvalue weighted by molar-refractivity contribution is 5.89. The van der Waals surface area contributed by atoms with E-state index in [0.29, 0.717) is 0 Å². The first-order chi connectivity index (χ1) is 10.0. The lowest BCUT2D eigenvalue weighted by Crippen LogP contribution is -2.28. The van der Waals surface area contributed by atoms with Crippen LogP contribution in [-0.2, 0) is 14.3 Å². The van der Waals surface area contributed by atoms with Crippen molar-refractivity contribution >= 4 is 23.6 Å². The molecule has 0 unspecified atom stereocenters. The Morgan fingerprint density at radius 3 is 2.81 bits per heavy atom. The van der Waals surface area contributed by atoms with Crippen molar-refractivity contribution in [2.45, 2.75) is 0 Å². The SMILES string of the molecule is C#CCNC(=O)COC(=O)/C=C/c1ccccc1[N+](=O)[O-]. The Morgan fingerprint density at radius 1 is 1.43 bits per heavy atom. The average Bonchev–Trinajstić information content (AvgIpc) is 2.48. The van der Waals surface area contributed by atoms with Gasteiger partial charge in [-0.15, -0.1) is 6.42 Å². The van der Waals surface area contributed by atoms with Crippen molar-refractivity contribution in [2.75, 3.05) is 13.2 Å². The fourth-order valence-electron chi connectivity index (χ4n) is 1.34. The Morgan fingerprint density at radius 2 is 2.14 bits per heavy atom. The molecule has 0 aliphatic heterocycles. The summed E-state index contributed by atoms with van der Waals surface area (Å²) in [5, 5.41) is 13.1. The van der Waals surface area contributed by atoms with Gasteiger partial charge in [0, 0.05) is 12.1 Å². The first kappa shape index (κ1) is 15.9. The molecule has 21 heavy (non-hydrogen) atoms. The summed E-state index contributed by atoms with van der Waals surface area (Å²) in [6, 6.07) is 5.93. The number of terminal acetylenes is 1. The molecule has 1 aromatic carbocycles. The summed E-state index contributed by atoms with van der Waals surface area (Å²) in [7, 11) is 0. The Kier molecular flexibility index (Phi) is 6.15. The Balaban J connectivity index is 2.57. The monoisotopic (exact) mass is 288 g/mol. The molecule has 1 rings (SSSR count). The molecule has 7 heteroatoms. The van der Waals surface area contributed by atoms with Gasteiger partial charge in [0.15, 0.2) is 6.61 Å². The average molecular weight is 288 g/mol. The number of amides is 1. The maximum absolute atomic E-state index is 11.4. The van der Waals surface area contributed by atoms with E-state index in [4.69, 9.17) is 6.42 Å². The first-order valence-electron chi connectivity index (χ1n) is 5.83. The van der Waals surface area contributed by atoms with E-state index in [9.17, 15) is 19.7 Å². The number of para-hydroxylation sites is 1. The second-order valence-electron chi connectivity index (χ2n) is 3.74. The van der Waals surface area contributed by atoms with Gasteiger partial charge >= 0.3 is 5.97 Å². The highest BCUT2D eigenvalue weighted by Crippen LogP contribution is 2.18. The molecule has 1 N–H and O–H groups in total. The molecular formula is C14H12N2O5. The number of esters is 1. The molecule has 1 amide bonds. The highest BCUT2D eigenvalue weighted by atomic mass is 16.6. The number of hydrogen-bond donors (Lipinski definition) is 1. The van der Waals surface area contributed by atoms with Gasteiger partial charge in [0.05, 0.1) is 17.0 Å². The van der Waals surface area contributed by atoms with Gasteiger partial charge in [0.1, 0.15) is 0 Å². The first-order valence-corrected chi connectivity index (χ1v) is 5.83. The third kappa shape index (κ3) is 5.57. The number of carbonyl (C=O) groups excluding carboxylic acids is 2. The maximum Gasteiger partial charge on any atom is 0.331 e. The number of nitrogens with one attached hydrogen (secondary N) is 1. The van der Waals surface area contributed by atoms with Crippen LogP contribution in [0.4, 0.5) is 5.69 Å². The van der Waals surface area contributed by atoms with E-state index >= 15 is 0 Å². The van der Waals surface area contributed by atoms with Gasteiger partial charge in [0.2, 0.25) is 0 Å². The Labute approximate surface area is 120 Å². The van der Waals surface area contributed by atoms with Crippen LogP contribution >= 0.6 is 0 Å². The zero-order valence-corrected chi connectivity index (χ0v) is 10.9. The molecule has 0 aliphatic rings. The molecule has 0 atom stereocenters. The van der Waals surface area contributed by atoms with E-state index in [1.807, 2.05) is 0 Å². The molecule has 0 fully saturated rings. The van der Waals surface area contributed by atoms with Gasteiger partial charge < -0.3 is 10.1 Å². The third-order valence-electron chi connectivity index (χ3n) is 2.27. The molecule has 7 nitrogen and oxygen atoms in total. The molecule has 0 heterocycles. The lowest BCUT2D eigenvalue weighted by atomic mass is 10.1. The molecular weight excluding hydrogens is 276 g/mol. The van der Waals surface area contributed by atoms with Crippen LogP contribution in [0.1, 0.15) is 5.56 Å². The number of rotatable bonds is 6. The van der Waals surface area contributed by atoms with Crippen LogP contribution in [0.25, 0.3) is 6.08 Å². The van der Waals surface area contributed by atoms with Crippen LogP contribution in [-0.4, -0.2) is 30.0 Å². The van der Waals surface area contributed by atoms with E-state index in [-0.39, 0.29) is 17.8 Å². The van der Waals surface area contributed by atoms with Crippen molar-refractivity contribution in [2.24, 2.45) is 0 Å². The smallest absolute Gasteiger partial charge is 0.331 e. The fraction of sp³-hybridized carbons (Fsp3) is 0.143. The number of nitrogens with zero attached hydrogens (tertiary/aromatic N) is 1. The van der Waals surface area contributed by atoms with Gasteiger partial charge in [-0.05, 0) is 12.1 Å². The van der Waals surface area contributed by atoms with Crippen molar-refractivity contribution in [3.8, 4) is 12.3 Å². The van der Waals surface area contributed by atoms with Crippen LogP contribution in [0.5, 0.6) is 0 Å². The van der Waals surface area contributed by atoms with Crippen LogP contribution in [0.2, 0.25) is 0 Å². The van der Waals surface area contributed by atoms with E-state index in [1.54, 1.807) is 6.07 Å².